The number of rotatable bonds is 2. The zero-order valence-corrected chi connectivity index (χ0v) is 11.2. The fraction of sp³-hybridized carbons (Fsp3) is 0.500. The topological polar surface area (TPSA) is 80.0 Å². The standard InChI is InChI=1S/C12H15FN6O/c1-7-11(13)12(16-8(2)15-7)18-5-9(10(20)6-18)19-4-3-14-17-19/h3-4,9-10,20H,5-6H2,1-2H3/t9-,10-/m1/s1. The molecule has 0 saturated carbocycles. The summed E-state index contributed by atoms with van der Waals surface area (Å²) in [7, 11) is 0. The van der Waals surface area contributed by atoms with E-state index in [9.17, 15) is 9.50 Å². The summed E-state index contributed by atoms with van der Waals surface area (Å²) in [4.78, 5) is 9.86. The van der Waals surface area contributed by atoms with Crippen LogP contribution in [0, 0.1) is 19.7 Å². The highest BCUT2D eigenvalue weighted by molar-refractivity contribution is 5.43. The van der Waals surface area contributed by atoms with Gasteiger partial charge in [0.25, 0.3) is 0 Å². The fourth-order valence-electron chi connectivity index (χ4n) is 2.49. The van der Waals surface area contributed by atoms with Gasteiger partial charge in [-0.2, -0.15) is 0 Å². The highest BCUT2D eigenvalue weighted by atomic mass is 19.1. The van der Waals surface area contributed by atoms with Crippen LogP contribution in [0.4, 0.5) is 10.2 Å². The minimum absolute atomic E-state index is 0.233. The Morgan fingerprint density at radius 1 is 1.30 bits per heavy atom. The van der Waals surface area contributed by atoms with E-state index in [0.717, 1.165) is 0 Å². The summed E-state index contributed by atoms with van der Waals surface area (Å²) in [5.74, 6) is 0.302. The second-order valence-corrected chi connectivity index (χ2v) is 4.92. The number of β-amino-alcohol motifs (C(OH)–C–C–N with tert-alkyl or cyclic N) is 1. The molecule has 1 aliphatic rings. The molecular weight excluding hydrogens is 263 g/mol. The second kappa shape index (κ2) is 4.78. The Bertz CT molecular complexity index is 617. The van der Waals surface area contributed by atoms with Crippen molar-refractivity contribution in [3.8, 4) is 0 Å². The Morgan fingerprint density at radius 3 is 2.80 bits per heavy atom. The summed E-state index contributed by atoms with van der Waals surface area (Å²) in [6, 6.07) is -0.257. The number of hydrogen-bond acceptors (Lipinski definition) is 6. The molecule has 1 fully saturated rings. The average Bonchev–Trinajstić information content (AvgIpc) is 3.02. The number of hydrogen-bond donors (Lipinski definition) is 1. The largest absolute Gasteiger partial charge is 0.389 e. The van der Waals surface area contributed by atoms with Gasteiger partial charge >= 0.3 is 0 Å². The fourth-order valence-corrected chi connectivity index (χ4v) is 2.49. The second-order valence-electron chi connectivity index (χ2n) is 4.92. The Labute approximate surface area is 115 Å². The first-order valence-electron chi connectivity index (χ1n) is 6.36. The van der Waals surface area contributed by atoms with Crippen LogP contribution in [0.25, 0.3) is 0 Å². The molecule has 2 atom stereocenters. The van der Waals surface area contributed by atoms with E-state index in [2.05, 4.69) is 20.3 Å². The van der Waals surface area contributed by atoms with Crippen LogP contribution in [-0.4, -0.2) is 49.3 Å². The molecule has 106 valence electrons. The van der Waals surface area contributed by atoms with Crippen molar-refractivity contribution in [2.24, 2.45) is 0 Å². The van der Waals surface area contributed by atoms with Gasteiger partial charge in [0.1, 0.15) is 5.82 Å². The van der Waals surface area contributed by atoms with Crippen molar-refractivity contribution in [2.75, 3.05) is 18.0 Å². The normalized spacial score (nSPS) is 22.5. The van der Waals surface area contributed by atoms with Crippen LogP contribution in [-0.2, 0) is 0 Å². The molecule has 1 saturated heterocycles. The molecule has 8 heteroatoms. The zero-order chi connectivity index (χ0) is 14.3. The molecule has 1 aliphatic heterocycles. The summed E-state index contributed by atoms with van der Waals surface area (Å²) in [6.07, 6.45) is 2.59. The summed E-state index contributed by atoms with van der Waals surface area (Å²) >= 11 is 0. The lowest BCUT2D eigenvalue weighted by molar-refractivity contribution is 0.144. The zero-order valence-electron chi connectivity index (χ0n) is 11.2. The lowest BCUT2D eigenvalue weighted by atomic mass is 10.2. The number of aromatic nitrogens is 5. The van der Waals surface area contributed by atoms with E-state index in [1.54, 1.807) is 35.8 Å². The van der Waals surface area contributed by atoms with E-state index in [-0.39, 0.29) is 11.9 Å². The number of aryl methyl sites for hydroxylation is 2. The van der Waals surface area contributed by atoms with Crippen molar-refractivity contribution >= 4 is 5.82 Å². The number of aliphatic hydroxyl groups is 1. The van der Waals surface area contributed by atoms with Gasteiger partial charge in [-0.15, -0.1) is 5.10 Å². The summed E-state index contributed by atoms with van der Waals surface area (Å²) in [6.45, 7) is 4.06. The molecule has 0 aliphatic carbocycles. The van der Waals surface area contributed by atoms with Gasteiger partial charge in [0.05, 0.1) is 24.0 Å². The minimum atomic E-state index is -0.647. The summed E-state index contributed by atoms with van der Waals surface area (Å²) in [5, 5.41) is 17.7. The van der Waals surface area contributed by atoms with Gasteiger partial charge in [0.15, 0.2) is 11.6 Å². The molecular formula is C12H15FN6O. The van der Waals surface area contributed by atoms with E-state index in [4.69, 9.17) is 0 Å². The van der Waals surface area contributed by atoms with Gasteiger partial charge in [0, 0.05) is 19.3 Å². The average molecular weight is 278 g/mol. The molecule has 0 radical (unpaired) electrons. The van der Waals surface area contributed by atoms with E-state index in [1.807, 2.05) is 0 Å². The third kappa shape index (κ3) is 2.11. The van der Waals surface area contributed by atoms with Crippen LogP contribution < -0.4 is 4.90 Å². The van der Waals surface area contributed by atoms with Crippen LogP contribution in [0.1, 0.15) is 17.6 Å². The number of anilines is 1. The Morgan fingerprint density at radius 2 is 2.10 bits per heavy atom. The van der Waals surface area contributed by atoms with Gasteiger partial charge in [-0.25, -0.2) is 19.0 Å². The van der Waals surface area contributed by atoms with E-state index in [1.165, 1.54) is 0 Å². The first-order valence-corrected chi connectivity index (χ1v) is 6.36. The first-order chi connectivity index (χ1) is 9.56. The lowest BCUT2D eigenvalue weighted by Gasteiger charge is -2.18. The van der Waals surface area contributed by atoms with Gasteiger partial charge in [-0.05, 0) is 13.8 Å². The Hall–Kier alpha value is -2.09. The number of halogens is 1. The van der Waals surface area contributed by atoms with Crippen LogP contribution in [0.15, 0.2) is 12.4 Å². The highest BCUT2D eigenvalue weighted by Gasteiger charge is 2.35. The molecule has 0 bridgehead atoms. The molecule has 0 amide bonds. The SMILES string of the molecule is Cc1nc(C)c(F)c(N2C[C@@H](O)[C@H](n3ccnn3)C2)n1. The van der Waals surface area contributed by atoms with Gasteiger partial charge in [0.2, 0.25) is 0 Å². The minimum Gasteiger partial charge on any atom is -0.389 e. The summed E-state index contributed by atoms with van der Waals surface area (Å²) in [5.41, 5.74) is 0.311. The molecule has 0 spiro atoms. The Balaban J connectivity index is 1.90. The van der Waals surface area contributed by atoms with Crippen molar-refractivity contribution in [1.82, 2.24) is 25.0 Å². The Kier molecular flexibility index (Phi) is 3.09. The van der Waals surface area contributed by atoms with E-state index >= 15 is 0 Å². The predicted octanol–water partition coefficient (Wildman–Crippen LogP) is 0.246. The maximum absolute atomic E-state index is 14.1. The maximum Gasteiger partial charge on any atom is 0.186 e. The third-order valence-electron chi connectivity index (χ3n) is 3.45. The van der Waals surface area contributed by atoms with Gasteiger partial charge in [-0.3, -0.25) is 0 Å². The molecule has 2 aromatic rings. The molecule has 3 heterocycles. The number of nitrogens with zero attached hydrogens (tertiary/aromatic N) is 6. The molecule has 0 aromatic carbocycles. The van der Waals surface area contributed by atoms with Crippen molar-refractivity contribution < 1.29 is 9.50 Å². The van der Waals surface area contributed by atoms with Crippen LogP contribution >= 0.6 is 0 Å². The van der Waals surface area contributed by atoms with Crippen LogP contribution in [0.5, 0.6) is 0 Å². The van der Waals surface area contributed by atoms with Crippen molar-refractivity contribution in [3.05, 3.63) is 29.7 Å². The molecule has 20 heavy (non-hydrogen) atoms. The third-order valence-corrected chi connectivity index (χ3v) is 3.45. The molecule has 3 rings (SSSR count). The lowest BCUT2D eigenvalue weighted by Crippen LogP contribution is -2.24. The first kappa shape index (κ1) is 12.9. The van der Waals surface area contributed by atoms with Gasteiger partial charge < -0.3 is 10.0 Å². The monoisotopic (exact) mass is 278 g/mol. The van der Waals surface area contributed by atoms with Crippen molar-refractivity contribution in [1.29, 1.82) is 0 Å². The van der Waals surface area contributed by atoms with Crippen LogP contribution in [0.3, 0.4) is 0 Å². The van der Waals surface area contributed by atoms with E-state index in [0.29, 0.717) is 24.6 Å². The molecule has 0 unspecified atom stereocenters. The maximum atomic E-state index is 14.1. The summed E-state index contributed by atoms with van der Waals surface area (Å²) < 4.78 is 15.7. The number of aliphatic hydroxyl groups excluding tert-OH is 1. The highest BCUT2D eigenvalue weighted by Crippen LogP contribution is 2.28. The van der Waals surface area contributed by atoms with Gasteiger partial charge in [-0.1, -0.05) is 5.21 Å². The molecule has 2 aromatic heterocycles. The molecule has 1 N–H and O–H groups in total. The molecule has 7 nitrogen and oxygen atoms in total. The van der Waals surface area contributed by atoms with Crippen LogP contribution in [0.2, 0.25) is 0 Å². The van der Waals surface area contributed by atoms with Crippen molar-refractivity contribution in [3.63, 3.8) is 0 Å². The quantitative estimate of drug-likeness (QED) is 0.848. The van der Waals surface area contributed by atoms with E-state index < -0.39 is 11.9 Å². The predicted molar refractivity (Wildman–Crippen MR) is 68.7 cm³/mol. The van der Waals surface area contributed by atoms with Crippen molar-refractivity contribution in [2.45, 2.75) is 26.0 Å². The smallest absolute Gasteiger partial charge is 0.186 e.